The standard InChI is InChI=1S/C21H18N4O2S/c1-14-6-8-15(9-7-14)23-19(26)10-20-24-16(13-28-20)12-25-18-5-3-2-4-17(18)22-11-21(25)27/h2-9,11,13H,10,12H2,1H3,(H,23,26). The first-order valence-electron chi connectivity index (χ1n) is 8.83. The average Bonchev–Trinajstić information content (AvgIpc) is 3.13. The largest absolute Gasteiger partial charge is 0.326 e. The Morgan fingerprint density at radius 2 is 1.93 bits per heavy atom. The lowest BCUT2D eigenvalue weighted by atomic mass is 10.2. The van der Waals surface area contributed by atoms with Crippen molar-refractivity contribution in [3.05, 3.63) is 86.7 Å². The van der Waals surface area contributed by atoms with E-state index in [1.165, 1.54) is 17.5 Å². The molecule has 0 saturated heterocycles. The van der Waals surface area contributed by atoms with Crippen molar-refractivity contribution >= 4 is 34.0 Å². The van der Waals surface area contributed by atoms with Gasteiger partial charge in [-0.05, 0) is 31.2 Å². The summed E-state index contributed by atoms with van der Waals surface area (Å²) in [6, 6.07) is 15.2. The smallest absolute Gasteiger partial charge is 0.269 e. The Bertz CT molecular complexity index is 1190. The fourth-order valence-corrected chi connectivity index (χ4v) is 3.71. The molecular formula is C21H18N4O2S. The summed E-state index contributed by atoms with van der Waals surface area (Å²) in [4.78, 5) is 33.2. The van der Waals surface area contributed by atoms with Gasteiger partial charge in [-0.3, -0.25) is 14.2 Å². The summed E-state index contributed by atoms with van der Waals surface area (Å²) in [7, 11) is 0. The average molecular weight is 390 g/mol. The molecule has 2 heterocycles. The third-order valence-electron chi connectivity index (χ3n) is 4.32. The molecule has 2 aromatic heterocycles. The van der Waals surface area contributed by atoms with Crippen LogP contribution in [0.3, 0.4) is 0 Å². The number of aryl methyl sites for hydroxylation is 1. The summed E-state index contributed by atoms with van der Waals surface area (Å²) in [6.45, 7) is 2.35. The summed E-state index contributed by atoms with van der Waals surface area (Å²) in [5, 5.41) is 5.47. The van der Waals surface area contributed by atoms with Crippen LogP contribution in [0.5, 0.6) is 0 Å². The van der Waals surface area contributed by atoms with Crippen LogP contribution in [0, 0.1) is 6.92 Å². The van der Waals surface area contributed by atoms with Crippen LogP contribution < -0.4 is 10.9 Å². The lowest BCUT2D eigenvalue weighted by Crippen LogP contribution is -2.21. The highest BCUT2D eigenvalue weighted by Crippen LogP contribution is 2.15. The van der Waals surface area contributed by atoms with Crippen molar-refractivity contribution in [1.82, 2.24) is 14.5 Å². The number of rotatable bonds is 5. The first-order valence-corrected chi connectivity index (χ1v) is 9.71. The molecule has 4 rings (SSSR count). The quantitative estimate of drug-likeness (QED) is 0.567. The van der Waals surface area contributed by atoms with Crippen LogP contribution in [0.25, 0.3) is 11.0 Å². The number of carbonyl (C=O) groups excluding carboxylic acids is 1. The van der Waals surface area contributed by atoms with Crippen LogP contribution in [-0.4, -0.2) is 20.4 Å². The molecule has 7 heteroatoms. The lowest BCUT2D eigenvalue weighted by Gasteiger charge is -2.07. The first kappa shape index (κ1) is 18.1. The fraction of sp³-hybridized carbons (Fsp3) is 0.143. The second-order valence-electron chi connectivity index (χ2n) is 6.49. The second-order valence-corrected chi connectivity index (χ2v) is 7.44. The molecule has 4 aromatic rings. The normalized spacial score (nSPS) is 10.9. The van der Waals surface area contributed by atoms with Gasteiger partial charge in [0.15, 0.2) is 0 Å². The molecule has 0 spiro atoms. The number of nitrogens with one attached hydrogen (secondary N) is 1. The Morgan fingerprint density at radius 3 is 2.75 bits per heavy atom. The number of aromatic nitrogens is 3. The molecule has 1 N–H and O–H groups in total. The van der Waals surface area contributed by atoms with Crippen LogP contribution in [0.1, 0.15) is 16.3 Å². The number of para-hydroxylation sites is 2. The molecule has 0 saturated carbocycles. The number of carbonyl (C=O) groups is 1. The molecule has 0 unspecified atom stereocenters. The predicted octanol–water partition coefficient (Wildman–Crippen LogP) is 3.39. The molecule has 28 heavy (non-hydrogen) atoms. The van der Waals surface area contributed by atoms with Gasteiger partial charge in [0.25, 0.3) is 5.56 Å². The number of nitrogens with zero attached hydrogens (tertiary/aromatic N) is 3. The molecular weight excluding hydrogens is 372 g/mol. The molecule has 0 radical (unpaired) electrons. The zero-order valence-electron chi connectivity index (χ0n) is 15.3. The molecule has 6 nitrogen and oxygen atoms in total. The van der Waals surface area contributed by atoms with E-state index in [2.05, 4.69) is 15.3 Å². The van der Waals surface area contributed by atoms with Crippen molar-refractivity contribution in [2.45, 2.75) is 19.9 Å². The van der Waals surface area contributed by atoms with E-state index < -0.39 is 0 Å². The summed E-state index contributed by atoms with van der Waals surface area (Å²) in [5.74, 6) is -0.115. The Kier molecular flexibility index (Phi) is 4.99. The zero-order valence-corrected chi connectivity index (χ0v) is 16.1. The fourth-order valence-electron chi connectivity index (χ4n) is 2.92. The van der Waals surface area contributed by atoms with Gasteiger partial charge >= 0.3 is 0 Å². The van der Waals surface area contributed by atoms with Crippen molar-refractivity contribution in [3.8, 4) is 0 Å². The van der Waals surface area contributed by atoms with Gasteiger partial charge in [-0.25, -0.2) is 9.97 Å². The third-order valence-corrected chi connectivity index (χ3v) is 5.22. The molecule has 0 bridgehead atoms. The molecule has 0 aliphatic carbocycles. The van der Waals surface area contributed by atoms with E-state index in [9.17, 15) is 9.59 Å². The van der Waals surface area contributed by atoms with Gasteiger partial charge in [-0.15, -0.1) is 11.3 Å². The SMILES string of the molecule is Cc1ccc(NC(=O)Cc2nc(Cn3c(=O)cnc4ccccc43)cs2)cc1. The number of benzene rings is 2. The minimum absolute atomic E-state index is 0.115. The maximum atomic E-state index is 12.3. The minimum atomic E-state index is -0.176. The predicted molar refractivity (Wildman–Crippen MR) is 111 cm³/mol. The number of thiazole rings is 1. The summed E-state index contributed by atoms with van der Waals surface area (Å²) < 4.78 is 1.65. The van der Waals surface area contributed by atoms with Crippen LogP contribution in [-0.2, 0) is 17.8 Å². The van der Waals surface area contributed by atoms with Crippen molar-refractivity contribution < 1.29 is 4.79 Å². The highest BCUT2D eigenvalue weighted by atomic mass is 32.1. The maximum Gasteiger partial charge on any atom is 0.269 e. The van der Waals surface area contributed by atoms with Gasteiger partial charge in [0.05, 0.1) is 35.9 Å². The van der Waals surface area contributed by atoms with Gasteiger partial charge in [-0.2, -0.15) is 0 Å². The second kappa shape index (κ2) is 7.74. The summed E-state index contributed by atoms with van der Waals surface area (Å²) in [5.41, 5.74) is 4.01. The molecule has 1 amide bonds. The monoisotopic (exact) mass is 390 g/mol. The third kappa shape index (κ3) is 3.99. The van der Waals surface area contributed by atoms with E-state index in [1.807, 2.05) is 60.8 Å². The number of anilines is 1. The maximum absolute atomic E-state index is 12.3. The van der Waals surface area contributed by atoms with Gasteiger partial charge in [-0.1, -0.05) is 29.8 Å². The van der Waals surface area contributed by atoms with E-state index in [0.29, 0.717) is 11.6 Å². The van der Waals surface area contributed by atoms with Gasteiger partial charge < -0.3 is 5.32 Å². The Hall–Kier alpha value is -3.32. The van der Waals surface area contributed by atoms with E-state index in [-0.39, 0.29) is 17.9 Å². The molecule has 0 atom stereocenters. The molecule has 2 aromatic carbocycles. The highest BCUT2D eigenvalue weighted by molar-refractivity contribution is 7.09. The minimum Gasteiger partial charge on any atom is -0.326 e. The molecule has 140 valence electrons. The molecule has 0 fully saturated rings. The van der Waals surface area contributed by atoms with Crippen molar-refractivity contribution in [3.63, 3.8) is 0 Å². The lowest BCUT2D eigenvalue weighted by molar-refractivity contribution is -0.115. The van der Waals surface area contributed by atoms with E-state index in [1.54, 1.807) is 4.57 Å². The Labute approximate surface area is 165 Å². The zero-order chi connectivity index (χ0) is 19.5. The van der Waals surface area contributed by atoms with Gasteiger partial charge in [0.2, 0.25) is 5.91 Å². The molecule has 0 aliphatic rings. The van der Waals surface area contributed by atoms with E-state index in [4.69, 9.17) is 0 Å². The van der Waals surface area contributed by atoms with Crippen LogP contribution >= 0.6 is 11.3 Å². The Balaban J connectivity index is 1.48. The summed E-state index contributed by atoms with van der Waals surface area (Å²) in [6.07, 6.45) is 1.52. The van der Waals surface area contributed by atoms with Crippen molar-refractivity contribution in [1.29, 1.82) is 0 Å². The Morgan fingerprint density at radius 1 is 1.14 bits per heavy atom. The van der Waals surface area contributed by atoms with Crippen molar-refractivity contribution in [2.24, 2.45) is 0 Å². The number of fused-ring (bicyclic) bond motifs is 1. The van der Waals surface area contributed by atoms with E-state index in [0.717, 1.165) is 28.0 Å². The summed E-state index contributed by atoms with van der Waals surface area (Å²) >= 11 is 1.42. The number of hydrogen-bond acceptors (Lipinski definition) is 5. The van der Waals surface area contributed by atoms with E-state index >= 15 is 0 Å². The van der Waals surface area contributed by atoms with Crippen LogP contribution in [0.15, 0.2) is 64.9 Å². The van der Waals surface area contributed by atoms with Gasteiger partial charge in [0.1, 0.15) is 5.01 Å². The van der Waals surface area contributed by atoms with Crippen LogP contribution in [0.4, 0.5) is 5.69 Å². The van der Waals surface area contributed by atoms with Crippen LogP contribution in [0.2, 0.25) is 0 Å². The van der Waals surface area contributed by atoms with Gasteiger partial charge in [0, 0.05) is 11.1 Å². The topological polar surface area (TPSA) is 76.9 Å². The highest BCUT2D eigenvalue weighted by Gasteiger charge is 2.11. The van der Waals surface area contributed by atoms with Crippen molar-refractivity contribution in [2.75, 3.05) is 5.32 Å². The molecule has 0 aliphatic heterocycles. The first-order chi connectivity index (χ1) is 13.6. The number of hydrogen-bond donors (Lipinski definition) is 1. The number of amides is 1.